The van der Waals surface area contributed by atoms with Crippen LogP contribution < -0.4 is 5.32 Å². The quantitative estimate of drug-likeness (QED) is 0.422. The van der Waals surface area contributed by atoms with E-state index < -0.39 is 17.6 Å². The standard InChI is InChI=1S/C23H18F3N3OS/c1-15-5-2-8-18(11-15)29-20(13-19(28-29)21-9-4-10-31-21)22(30)27-14-16-6-3-7-17(12-16)23(24,25)26/h2-13H,14H2,1H3,(H,27,30). The van der Waals surface area contributed by atoms with E-state index in [1.165, 1.54) is 17.4 Å². The summed E-state index contributed by atoms with van der Waals surface area (Å²) in [5.74, 6) is -0.422. The maximum atomic E-state index is 13.0. The molecule has 4 rings (SSSR count). The Kier molecular flexibility index (Phi) is 5.65. The summed E-state index contributed by atoms with van der Waals surface area (Å²) < 4.78 is 40.4. The molecular weight excluding hydrogens is 423 g/mol. The molecule has 0 atom stereocenters. The molecule has 31 heavy (non-hydrogen) atoms. The number of thiophene rings is 1. The summed E-state index contributed by atoms with van der Waals surface area (Å²) in [6.07, 6.45) is -4.43. The highest BCUT2D eigenvalue weighted by atomic mass is 32.1. The number of carbonyl (C=O) groups excluding carboxylic acids is 1. The van der Waals surface area contributed by atoms with Crippen molar-refractivity contribution in [2.75, 3.05) is 0 Å². The third kappa shape index (κ3) is 4.69. The molecule has 8 heteroatoms. The van der Waals surface area contributed by atoms with Crippen molar-refractivity contribution in [1.82, 2.24) is 15.1 Å². The van der Waals surface area contributed by atoms with Gasteiger partial charge in [-0.15, -0.1) is 11.3 Å². The van der Waals surface area contributed by atoms with Crippen molar-refractivity contribution < 1.29 is 18.0 Å². The highest BCUT2D eigenvalue weighted by Gasteiger charge is 2.30. The normalized spacial score (nSPS) is 11.5. The monoisotopic (exact) mass is 441 g/mol. The van der Waals surface area contributed by atoms with Gasteiger partial charge in [0.15, 0.2) is 0 Å². The van der Waals surface area contributed by atoms with E-state index in [1.807, 2.05) is 48.7 Å². The number of benzene rings is 2. The van der Waals surface area contributed by atoms with Gasteiger partial charge in [0, 0.05) is 6.54 Å². The highest BCUT2D eigenvalue weighted by molar-refractivity contribution is 7.13. The van der Waals surface area contributed by atoms with Crippen molar-refractivity contribution in [1.29, 1.82) is 0 Å². The van der Waals surface area contributed by atoms with Crippen molar-refractivity contribution in [2.24, 2.45) is 0 Å². The molecule has 0 saturated heterocycles. The summed E-state index contributed by atoms with van der Waals surface area (Å²) in [6.45, 7) is 1.91. The Labute approximate surface area is 181 Å². The zero-order chi connectivity index (χ0) is 22.0. The molecule has 0 spiro atoms. The molecule has 1 N–H and O–H groups in total. The fourth-order valence-electron chi connectivity index (χ4n) is 3.17. The van der Waals surface area contributed by atoms with Gasteiger partial charge in [-0.05, 0) is 59.8 Å². The number of alkyl halides is 3. The second kappa shape index (κ2) is 8.39. The first-order valence-corrected chi connectivity index (χ1v) is 10.3. The number of rotatable bonds is 5. The van der Waals surface area contributed by atoms with Gasteiger partial charge in [0.25, 0.3) is 5.91 Å². The SMILES string of the molecule is Cc1cccc(-n2nc(-c3cccs3)cc2C(=O)NCc2cccc(C(F)(F)F)c2)c1. The maximum absolute atomic E-state index is 13.0. The molecule has 2 aromatic carbocycles. The van der Waals surface area contributed by atoms with Crippen LogP contribution in [0.5, 0.6) is 0 Å². The van der Waals surface area contributed by atoms with Gasteiger partial charge < -0.3 is 5.32 Å². The second-order valence-electron chi connectivity index (χ2n) is 7.02. The molecule has 2 aromatic heterocycles. The van der Waals surface area contributed by atoms with Gasteiger partial charge in [0.2, 0.25) is 0 Å². The molecule has 0 aliphatic rings. The molecule has 4 nitrogen and oxygen atoms in total. The number of halogens is 3. The Morgan fingerprint density at radius 3 is 2.58 bits per heavy atom. The van der Waals surface area contributed by atoms with Gasteiger partial charge in [-0.25, -0.2) is 4.68 Å². The highest BCUT2D eigenvalue weighted by Crippen LogP contribution is 2.30. The van der Waals surface area contributed by atoms with E-state index >= 15 is 0 Å². The third-order valence-electron chi connectivity index (χ3n) is 4.67. The molecular formula is C23H18F3N3OS. The van der Waals surface area contributed by atoms with Crippen LogP contribution in [0, 0.1) is 6.92 Å². The smallest absolute Gasteiger partial charge is 0.347 e. The average molecular weight is 441 g/mol. The lowest BCUT2D eigenvalue weighted by molar-refractivity contribution is -0.137. The molecule has 0 saturated carbocycles. The largest absolute Gasteiger partial charge is 0.416 e. The number of nitrogens with zero attached hydrogens (tertiary/aromatic N) is 2. The van der Waals surface area contributed by atoms with E-state index in [2.05, 4.69) is 10.4 Å². The lowest BCUT2D eigenvalue weighted by Crippen LogP contribution is -2.25. The van der Waals surface area contributed by atoms with Crippen molar-refractivity contribution in [3.05, 3.63) is 94.5 Å². The molecule has 4 aromatic rings. The van der Waals surface area contributed by atoms with Gasteiger partial charge in [0.1, 0.15) is 11.4 Å². The fraction of sp³-hybridized carbons (Fsp3) is 0.130. The predicted molar refractivity (Wildman–Crippen MR) is 114 cm³/mol. The Bertz CT molecular complexity index is 1210. The first kappa shape index (κ1) is 20.9. The molecule has 158 valence electrons. The van der Waals surface area contributed by atoms with Gasteiger partial charge in [-0.1, -0.05) is 30.3 Å². The minimum absolute atomic E-state index is 0.0317. The minimum Gasteiger partial charge on any atom is -0.347 e. The molecule has 2 heterocycles. The van der Waals surface area contributed by atoms with Crippen LogP contribution in [0.2, 0.25) is 0 Å². The lowest BCUT2D eigenvalue weighted by atomic mass is 10.1. The average Bonchev–Trinajstić information content (AvgIpc) is 3.41. The number of carbonyl (C=O) groups is 1. The predicted octanol–water partition coefficient (Wildman–Crippen LogP) is 5.86. The molecule has 0 aliphatic carbocycles. The van der Waals surface area contributed by atoms with E-state index in [0.29, 0.717) is 17.0 Å². The van der Waals surface area contributed by atoms with Crippen LogP contribution in [0.1, 0.15) is 27.2 Å². The number of aryl methyl sites for hydroxylation is 1. The second-order valence-corrected chi connectivity index (χ2v) is 7.97. The molecule has 0 fully saturated rings. The van der Waals surface area contributed by atoms with Gasteiger partial charge in [-0.2, -0.15) is 18.3 Å². The molecule has 0 unspecified atom stereocenters. The minimum atomic E-state index is -4.43. The van der Waals surface area contributed by atoms with Crippen LogP contribution in [-0.4, -0.2) is 15.7 Å². The van der Waals surface area contributed by atoms with Crippen LogP contribution in [0.15, 0.2) is 72.1 Å². The number of hydrogen-bond donors (Lipinski definition) is 1. The molecule has 1 amide bonds. The van der Waals surface area contributed by atoms with E-state index in [1.54, 1.807) is 16.8 Å². The summed E-state index contributed by atoms with van der Waals surface area (Å²) in [7, 11) is 0. The van der Waals surface area contributed by atoms with Crippen LogP contribution in [-0.2, 0) is 12.7 Å². The molecule has 0 aliphatic heterocycles. The van der Waals surface area contributed by atoms with Crippen molar-refractivity contribution in [2.45, 2.75) is 19.6 Å². The number of nitrogens with one attached hydrogen (secondary N) is 1. The van der Waals surface area contributed by atoms with Crippen molar-refractivity contribution in [3.63, 3.8) is 0 Å². The summed E-state index contributed by atoms with van der Waals surface area (Å²) >= 11 is 1.51. The Morgan fingerprint density at radius 1 is 1.06 bits per heavy atom. The van der Waals surface area contributed by atoms with E-state index in [4.69, 9.17) is 0 Å². The first-order valence-electron chi connectivity index (χ1n) is 9.46. The molecule has 0 bridgehead atoms. The van der Waals surface area contributed by atoms with Gasteiger partial charge in [0.05, 0.1) is 16.1 Å². The summed E-state index contributed by atoms with van der Waals surface area (Å²) in [5.41, 5.74) is 2.32. The zero-order valence-electron chi connectivity index (χ0n) is 16.5. The van der Waals surface area contributed by atoms with Gasteiger partial charge in [-0.3, -0.25) is 4.79 Å². The van der Waals surface area contributed by atoms with Crippen molar-refractivity contribution in [3.8, 4) is 16.3 Å². The third-order valence-corrected chi connectivity index (χ3v) is 5.56. The van der Waals surface area contributed by atoms with Crippen LogP contribution >= 0.6 is 11.3 Å². The topological polar surface area (TPSA) is 46.9 Å². The number of hydrogen-bond acceptors (Lipinski definition) is 3. The van der Waals surface area contributed by atoms with E-state index in [0.717, 1.165) is 28.3 Å². The Hall–Kier alpha value is -3.39. The zero-order valence-corrected chi connectivity index (χ0v) is 17.3. The lowest BCUT2D eigenvalue weighted by Gasteiger charge is -2.11. The Balaban J connectivity index is 1.63. The summed E-state index contributed by atoms with van der Waals surface area (Å²) in [4.78, 5) is 13.9. The summed E-state index contributed by atoms with van der Waals surface area (Å²) in [6, 6.07) is 18.0. The molecule has 0 radical (unpaired) electrons. The Morgan fingerprint density at radius 2 is 1.87 bits per heavy atom. The van der Waals surface area contributed by atoms with E-state index in [-0.39, 0.29) is 6.54 Å². The van der Waals surface area contributed by atoms with Crippen LogP contribution in [0.4, 0.5) is 13.2 Å². The van der Waals surface area contributed by atoms with Gasteiger partial charge >= 0.3 is 6.18 Å². The number of amides is 1. The first-order chi connectivity index (χ1) is 14.8. The fourth-order valence-corrected chi connectivity index (χ4v) is 3.86. The summed E-state index contributed by atoms with van der Waals surface area (Å²) in [5, 5.41) is 9.24. The van der Waals surface area contributed by atoms with E-state index in [9.17, 15) is 18.0 Å². The van der Waals surface area contributed by atoms with Crippen LogP contribution in [0.3, 0.4) is 0 Å². The van der Waals surface area contributed by atoms with Crippen LogP contribution in [0.25, 0.3) is 16.3 Å². The number of aromatic nitrogens is 2. The van der Waals surface area contributed by atoms with Crippen molar-refractivity contribution >= 4 is 17.2 Å². The maximum Gasteiger partial charge on any atom is 0.416 e.